The van der Waals surface area contributed by atoms with E-state index in [1.807, 2.05) is 6.92 Å². The average molecular weight is 343 g/mol. The van der Waals surface area contributed by atoms with Crippen LogP contribution in [-0.2, 0) is 9.59 Å². The Morgan fingerprint density at radius 2 is 1.83 bits per heavy atom. The maximum atomic E-state index is 12.3. The molecule has 0 bridgehead atoms. The highest BCUT2D eigenvalue weighted by atomic mass is 35.5. The van der Waals surface area contributed by atoms with Crippen LogP contribution in [0.4, 0.5) is 5.69 Å². The van der Waals surface area contributed by atoms with Gasteiger partial charge in [0.15, 0.2) is 0 Å². The molecule has 1 amide bonds. The van der Waals surface area contributed by atoms with E-state index in [9.17, 15) is 14.7 Å². The first-order valence-corrected chi connectivity index (χ1v) is 7.53. The number of hydrogen-bond donors (Lipinski definition) is 1. The predicted octanol–water partition coefficient (Wildman–Crippen LogP) is 2.24. The number of ether oxygens (including phenoxy) is 2. The van der Waals surface area contributed by atoms with Gasteiger partial charge in [0.1, 0.15) is 11.5 Å². The zero-order valence-electron chi connectivity index (χ0n) is 13.7. The Hall–Kier alpha value is -1.95. The number of carbonyl (C=O) groups is 2. The molecule has 1 atom stereocenters. The summed E-state index contributed by atoms with van der Waals surface area (Å²) in [6.07, 6.45) is 0.402. The van der Waals surface area contributed by atoms with Gasteiger partial charge in [-0.05, 0) is 18.3 Å². The molecule has 0 aliphatic carbocycles. The minimum atomic E-state index is -1.17. The number of aliphatic carboxylic acids is 1. The normalized spacial score (nSPS) is 13.1. The Labute approximate surface area is 140 Å². The fraction of sp³-hybridized carbons (Fsp3) is 0.500. The summed E-state index contributed by atoms with van der Waals surface area (Å²) in [6, 6.07) is 3.09. The lowest BCUT2D eigenvalue weighted by Crippen LogP contribution is -2.33. The second kappa shape index (κ2) is 8.06. The standard InChI is InChI=1S/C16H22ClNO5/c1-5-16(2,9-15(20)21)8-14(19)18-11-7-12(22-3)10(17)6-13(11)23-4/h6-7H,5,8-9H2,1-4H3,(H,18,19)(H,20,21)/p-1/t16-/m0/s1. The molecule has 0 aliphatic rings. The summed E-state index contributed by atoms with van der Waals surface area (Å²) >= 11 is 6.01. The van der Waals surface area contributed by atoms with Crippen molar-refractivity contribution >= 4 is 29.2 Å². The minimum Gasteiger partial charge on any atom is -0.550 e. The summed E-state index contributed by atoms with van der Waals surface area (Å²) in [5, 5.41) is 13.9. The molecule has 0 heterocycles. The number of methoxy groups -OCH3 is 2. The SMILES string of the molecule is CC[C@](C)(CC(=O)[O-])CC(=O)Nc1cc(OC)c(Cl)cc1OC. The topological polar surface area (TPSA) is 87.7 Å². The van der Waals surface area contributed by atoms with E-state index in [1.165, 1.54) is 20.3 Å². The smallest absolute Gasteiger partial charge is 0.225 e. The van der Waals surface area contributed by atoms with Crippen LogP contribution >= 0.6 is 11.6 Å². The highest BCUT2D eigenvalue weighted by molar-refractivity contribution is 6.32. The summed E-state index contributed by atoms with van der Waals surface area (Å²) in [5.41, 5.74) is -0.266. The number of benzene rings is 1. The Balaban J connectivity index is 2.94. The molecule has 0 spiro atoms. The second-order valence-electron chi connectivity index (χ2n) is 5.62. The van der Waals surface area contributed by atoms with Crippen molar-refractivity contribution in [3.63, 3.8) is 0 Å². The van der Waals surface area contributed by atoms with Crippen molar-refractivity contribution in [1.29, 1.82) is 0 Å². The Kier molecular flexibility index (Phi) is 6.69. The quantitative estimate of drug-likeness (QED) is 0.782. The van der Waals surface area contributed by atoms with Crippen molar-refractivity contribution in [2.45, 2.75) is 33.1 Å². The minimum absolute atomic E-state index is 0.0472. The molecule has 0 aromatic heterocycles. The van der Waals surface area contributed by atoms with Gasteiger partial charge in [0.2, 0.25) is 5.91 Å². The van der Waals surface area contributed by atoms with E-state index in [-0.39, 0.29) is 18.7 Å². The number of carbonyl (C=O) groups excluding carboxylic acids is 2. The number of halogens is 1. The molecule has 0 saturated heterocycles. The van der Waals surface area contributed by atoms with Crippen molar-refractivity contribution < 1.29 is 24.2 Å². The largest absolute Gasteiger partial charge is 0.550 e. The Bertz CT molecular complexity index is 590. The van der Waals surface area contributed by atoms with Crippen LogP contribution < -0.4 is 19.9 Å². The van der Waals surface area contributed by atoms with Gasteiger partial charge in [0.25, 0.3) is 0 Å². The zero-order chi connectivity index (χ0) is 17.6. The van der Waals surface area contributed by atoms with Crippen LogP contribution in [-0.4, -0.2) is 26.1 Å². The highest BCUT2D eigenvalue weighted by Gasteiger charge is 2.26. The highest BCUT2D eigenvalue weighted by Crippen LogP contribution is 2.37. The summed E-state index contributed by atoms with van der Waals surface area (Å²) < 4.78 is 10.3. The van der Waals surface area contributed by atoms with E-state index in [0.29, 0.717) is 28.6 Å². The number of nitrogens with one attached hydrogen (secondary N) is 1. The molecule has 1 aromatic rings. The number of carboxylic acid groups (broad SMARTS) is 1. The molecule has 1 aromatic carbocycles. The molecule has 0 saturated carbocycles. The van der Waals surface area contributed by atoms with Gasteiger partial charge in [0, 0.05) is 24.5 Å². The third-order valence-corrected chi connectivity index (χ3v) is 4.06. The fourth-order valence-corrected chi connectivity index (χ4v) is 2.43. The zero-order valence-corrected chi connectivity index (χ0v) is 14.5. The van der Waals surface area contributed by atoms with E-state index in [0.717, 1.165) is 0 Å². The molecular weight excluding hydrogens is 322 g/mol. The molecule has 0 radical (unpaired) electrons. The van der Waals surface area contributed by atoms with Gasteiger partial charge in [-0.3, -0.25) is 4.79 Å². The van der Waals surface area contributed by atoms with Crippen LogP contribution in [0.25, 0.3) is 0 Å². The molecule has 0 aliphatic heterocycles. The molecule has 6 nitrogen and oxygen atoms in total. The van der Waals surface area contributed by atoms with Gasteiger partial charge in [-0.15, -0.1) is 0 Å². The Morgan fingerprint density at radius 1 is 1.22 bits per heavy atom. The third-order valence-electron chi connectivity index (χ3n) is 3.76. The van der Waals surface area contributed by atoms with Crippen LogP contribution in [0, 0.1) is 5.41 Å². The molecule has 7 heteroatoms. The van der Waals surface area contributed by atoms with Crippen LogP contribution in [0.5, 0.6) is 11.5 Å². The molecule has 128 valence electrons. The van der Waals surface area contributed by atoms with Crippen LogP contribution in [0.15, 0.2) is 12.1 Å². The van der Waals surface area contributed by atoms with Gasteiger partial charge in [-0.25, -0.2) is 0 Å². The lowest BCUT2D eigenvalue weighted by Gasteiger charge is -2.28. The summed E-state index contributed by atoms with van der Waals surface area (Å²) in [4.78, 5) is 23.1. The van der Waals surface area contributed by atoms with Crippen molar-refractivity contribution in [2.24, 2.45) is 5.41 Å². The number of hydrogen-bond acceptors (Lipinski definition) is 5. The molecule has 1 N–H and O–H groups in total. The maximum absolute atomic E-state index is 12.3. The lowest BCUT2D eigenvalue weighted by molar-refractivity contribution is -0.308. The first kappa shape index (κ1) is 19.1. The third kappa shape index (κ3) is 5.32. The lowest BCUT2D eigenvalue weighted by atomic mass is 9.80. The van der Waals surface area contributed by atoms with Gasteiger partial charge in [-0.1, -0.05) is 25.4 Å². The van der Waals surface area contributed by atoms with E-state index in [1.54, 1.807) is 13.0 Å². The summed E-state index contributed by atoms with van der Waals surface area (Å²) in [7, 11) is 2.92. The van der Waals surface area contributed by atoms with Crippen LogP contribution in [0.2, 0.25) is 5.02 Å². The monoisotopic (exact) mass is 342 g/mol. The molecule has 0 unspecified atom stereocenters. The van der Waals surface area contributed by atoms with E-state index in [2.05, 4.69) is 5.32 Å². The maximum Gasteiger partial charge on any atom is 0.225 e. The van der Waals surface area contributed by atoms with E-state index >= 15 is 0 Å². The van der Waals surface area contributed by atoms with Gasteiger partial charge in [-0.2, -0.15) is 0 Å². The molecule has 1 rings (SSSR count). The van der Waals surface area contributed by atoms with Crippen molar-refractivity contribution in [2.75, 3.05) is 19.5 Å². The first-order chi connectivity index (χ1) is 10.7. The average Bonchev–Trinajstić information content (AvgIpc) is 2.47. The molecular formula is C16H21ClNO5-. The van der Waals surface area contributed by atoms with Gasteiger partial charge < -0.3 is 24.7 Å². The Morgan fingerprint density at radius 3 is 2.30 bits per heavy atom. The summed E-state index contributed by atoms with van der Waals surface area (Å²) in [6.45, 7) is 3.57. The number of carboxylic acids is 1. The van der Waals surface area contributed by atoms with Crippen molar-refractivity contribution in [3.8, 4) is 11.5 Å². The van der Waals surface area contributed by atoms with Gasteiger partial charge >= 0.3 is 0 Å². The summed E-state index contributed by atoms with van der Waals surface area (Å²) in [5.74, 6) is -0.704. The van der Waals surface area contributed by atoms with Crippen molar-refractivity contribution in [1.82, 2.24) is 0 Å². The number of anilines is 1. The molecule has 23 heavy (non-hydrogen) atoms. The van der Waals surface area contributed by atoms with E-state index in [4.69, 9.17) is 21.1 Å². The predicted molar refractivity (Wildman–Crippen MR) is 85.8 cm³/mol. The van der Waals surface area contributed by atoms with Crippen LogP contribution in [0.3, 0.4) is 0 Å². The van der Waals surface area contributed by atoms with Gasteiger partial charge in [0.05, 0.1) is 24.9 Å². The van der Waals surface area contributed by atoms with E-state index < -0.39 is 11.4 Å². The number of rotatable bonds is 8. The second-order valence-corrected chi connectivity index (χ2v) is 6.03. The van der Waals surface area contributed by atoms with Crippen LogP contribution in [0.1, 0.15) is 33.1 Å². The van der Waals surface area contributed by atoms with Crippen molar-refractivity contribution in [3.05, 3.63) is 17.2 Å². The molecule has 0 fully saturated rings. The fourth-order valence-electron chi connectivity index (χ4n) is 2.20. The first-order valence-electron chi connectivity index (χ1n) is 7.16. The number of amides is 1.